The van der Waals surface area contributed by atoms with Gasteiger partial charge in [0.2, 0.25) is 5.91 Å². The zero-order valence-corrected chi connectivity index (χ0v) is 13.3. The Morgan fingerprint density at radius 2 is 1.95 bits per heavy atom. The molecule has 5 nitrogen and oxygen atoms in total. The number of amidine groups is 1. The van der Waals surface area contributed by atoms with E-state index < -0.39 is 0 Å². The molecule has 21 heavy (non-hydrogen) atoms. The van der Waals surface area contributed by atoms with Crippen molar-refractivity contribution in [1.29, 1.82) is 0 Å². The monoisotopic (exact) mass is 297 g/mol. The van der Waals surface area contributed by atoms with Crippen LogP contribution in [-0.2, 0) is 4.79 Å². The van der Waals surface area contributed by atoms with Crippen LogP contribution in [0.5, 0.6) is 0 Å². The average molecular weight is 297 g/mol. The van der Waals surface area contributed by atoms with Gasteiger partial charge in [0.05, 0.1) is 0 Å². The zero-order valence-electron chi connectivity index (χ0n) is 13.3. The molecular formula is C16H31N3O2. The van der Waals surface area contributed by atoms with Gasteiger partial charge in [-0.25, -0.2) is 0 Å². The van der Waals surface area contributed by atoms with E-state index in [0.29, 0.717) is 13.0 Å². The Hall–Kier alpha value is -1.26. The topological polar surface area (TPSA) is 87.7 Å². The summed E-state index contributed by atoms with van der Waals surface area (Å²) in [6.07, 6.45) is 10.7. The Bertz CT molecular complexity index is 323. The van der Waals surface area contributed by atoms with E-state index in [9.17, 15) is 4.79 Å². The van der Waals surface area contributed by atoms with Crippen LogP contribution in [0.25, 0.3) is 0 Å². The van der Waals surface area contributed by atoms with Crippen molar-refractivity contribution in [2.45, 2.75) is 71.1 Å². The summed E-state index contributed by atoms with van der Waals surface area (Å²) in [5.41, 5.74) is 5.39. The Morgan fingerprint density at radius 3 is 2.57 bits per heavy atom. The first-order valence-electron chi connectivity index (χ1n) is 8.41. The Kier molecular flexibility index (Phi) is 8.87. The maximum Gasteiger partial charge on any atom is 0.223 e. The van der Waals surface area contributed by atoms with E-state index in [1.165, 1.54) is 32.1 Å². The first-order chi connectivity index (χ1) is 10.2. The van der Waals surface area contributed by atoms with Crippen molar-refractivity contribution in [3.05, 3.63) is 0 Å². The minimum Gasteiger partial charge on any atom is -0.409 e. The second-order valence-corrected chi connectivity index (χ2v) is 6.20. The van der Waals surface area contributed by atoms with Gasteiger partial charge in [-0.1, -0.05) is 31.3 Å². The summed E-state index contributed by atoms with van der Waals surface area (Å²) in [5.74, 6) is 1.53. The molecule has 0 spiro atoms. The highest BCUT2D eigenvalue weighted by atomic mass is 16.4. The van der Waals surface area contributed by atoms with Gasteiger partial charge in [0.1, 0.15) is 5.84 Å². The lowest BCUT2D eigenvalue weighted by atomic mass is 9.79. The molecule has 1 fully saturated rings. The number of hydrogen-bond acceptors (Lipinski definition) is 3. The lowest BCUT2D eigenvalue weighted by Crippen LogP contribution is -2.33. The fraction of sp³-hybridized carbons (Fsp3) is 0.875. The van der Waals surface area contributed by atoms with Crippen LogP contribution >= 0.6 is 0 Å². The third-order valence-electron chi connectivity index (χ3n) is 4.47. The largest absolute Gasteiger partial charge is 0.409 e. The molecule has 122 valence electrons. The Labute approximate surface area is 128 Å². The highest BCUT2D eigenvalue weighted by molar-refractivity contribution is 5.79. The molecule has 1 aliphatic carbocycles. The molecule has 1 aliphatic rings. The molecule has 5 heteroatoms. The maximum absolute atomic E-state index is 12.1. The van der Waals surface area contributed by atoms with E-state index in [2.05, 4.69) is 17.4 Å². The van der Waals surface area contributed by atoms with E-state index >= 15 is 0 Å². The second-order valence-electron chi connectivity index (χ2n) is 6.20. The third kappa shape index (κ3) is 7.34. The molecule has 0 bridgehead atoms. The molecule has 1 rings (SSSR count). The smallest absolute Gasteiger partial charge is 0.223 e. The molecule has 4 N–H and O–H groups in total. The van der Waals surface area contributed by atoms with Gasteiger partial charge in [-0.3, -0.25) is 4.79 Å². The summed E-state index contributed by atoms with van der Waals surface area (Å²) in [4.78, 5) is 12.1. The number of oxime groups is 1. The summed E-state index contributed by atoms with van der Waals surface area (Å²) >= 11 is 0. The number of nitrogens with two attached hydrogens (primary N) is 1. The van der Waals surface area contributed by atoms with Crippen molar-refractivity contribution >= 4 is 11.7 Å². The lowest BCUT2D eigenvalue weighted by molar-refractivity contribution is -0.126. The van der Waals surface area contributed by atoms with Crippen molar-refractivity contribution in [3.63, 3.8) is 0 Å². The first kappa shape index (κ1) is 17.8. The number of carbonyl (C=O) groups is 1. The molecule has 0 heterocycles. The molecule has 0 unspecified atom stereocenters. The number of hydrogen-bond donors (Lipinski definition) is 3. The van der Waals surface area contributed by atoms with Crippen LogP contribution < -0.4 is 11.1 Å². The van der Waals surface area contributed by atoms with Gasteiger partial charge in [-0.2, -0.15) is 0 Å². The summed E-state index contributed by atoms with van der Waals surface area (Å²) in [6.45, 7) is 2.92. The standard InChI is InChI=1S/C16H31N3O2/c1-2-3-6-13-8-10-14(11-9-13)16(20)18-12-5-4-7-15(17)19-21/h13-14,21H,2-12H2,1H3,(H2,17,19)(H,18,20). The van der Waals surface area contributed by atoms with Gasteiger partial charge in [0.25, 0.3) is 0 Å². The summed E-state index contributed by atoms with van der Waals surface area (Å²) in [5, 5.41) is 14.4. The Morgan fingerprint density at radius 1 is 1.24 bits per heavy atom. The van der Waals surface area contributed by atoms with Gasteiger partial charge in [-0.15, -0.1) is 0 Å². The van der Waals surface area contributed by atoms with Gasteiger partial charge < -0.3 is 16.3 Å². The SMILES string of the molecule is CCCCC1CCC(C(=O)NCCCCC(N)=NO)CC1. The second kappa shape index (κ2) is 10.5. The predicted octanol–water partition coefficient (Wildman–Crippen LogP) is 3.02. The summed E-state index contributed by atoms with van der Waals surface area (Å²) in [7, 11) is 0. The van der Waals surface area contributed by atoms with Gasteiger partial charge >= 0.3 is 0 Å². The average Bonchev–Trinajstić information content (AvgIpc) is 2.52. The minimum absolute atomic E-state index is 0.215. The minimum atomic E-state index is 0.215. The highest BCUT2D eigenvalue weighted by Gasteiger charge is 2.25. The van der Waals surface area contributed by atoms with Gasteiger partial charge in [0, 0.05) is 18.9 Å². The van der Waals surface area contributed by atoms with Crippen molar-refractivity contribution in [1.82, 2.24) is 5.32 Å². The zero-order chi connectivity index (χ0) is 15.5. The van der Waals surface area contributed by atoms with Crippen LogP contribution in [0.4, 0.5) is 0 Å². The lowest BCUT2D eigenvalue weighted by Gasteiger charge is -2.27. The number of nitrogens with one attached hydrogen (secondary N) is 1. The molecule has 0 aromatic rings. The normalized spacial score (nSPS) is 23.0. The van der Waals surface area contributed by atoms with Crippen LogP contribution in [0.15, 0.2) is 5.16 Å². The third-order valence-corrected chi connectivity index (χ3v) is 4.47. The van der Waals surface area contributed by atoms with Crippen molar-refractivity contribution in [3.8, 4) is 0 Å². The van der Waals surface area contributed by atoms with Crippen molar-refractivity contribution in [2.24, 2.45) is 22.7 Å². The number of rotatable bonds is 9. The molecule has 0 radical (unpaired) electrons. The molecule has 0 saturated heterocycles. The van der Waals surface area contributed by atoms with Crippen LogP contribution in [-0.4, -0.2) is 23.5 Å². The van der Waals surface area contributed by atoms with E-state index in [4.69, 9.17) is 10.9 Å². The number of nitrogens with zero attached hydrogens (tertiary/aromatic N) is 1. The first-order valence-corrected chi connectivity index (χ1v) is 8.41. The number of amides is 1. The van der Waals surface area contributed by atoms with Crippen LogP contribution in [0.1, 0.15) is 71.1 Å². The molecule has 0 aromatic carbocycles. The van der Waals surface area contributed by atoms with Crippen molar-refractivity contribution in [2.75, 3.05) is 6.54 Å². The van der Waals surface area contributed by atoms with Crippen LogP contribution in [0.2, 0.25) is 0 Å². The molecule has 1 amide bonds. The Balaban J connectivity index is 2.08. The fourth-order valence-electron chi connectivity index (χ4n) is 3.04. The highest BCUT2D eigenvalue weighted by Crippen LogP contribution is 2.31. The van der Waals surface area contributed by atoms with Gasteiger partial charge in [0.15, 0.2) is 0 Å². The van der Waals surface area contributed by atoms with E-state index in [-0.39, 0.29) is 17.7 Å². The number of unbranched alkanes of at least 4 members (excludes halogenated alkanes) is 2. The van der Waals surface area contributed by atoms with E-state index in [1.807, 2.05) is 0 Å². The predicted molar refractivity (Wildman–Crippen MR) is 85.2 cm³/mol. The summed E-state index contributed by atoms with van der Waals surface area (Å²) in [6, 6.07) is 0. The number of carbonyl (C=O) groups excluding carboxylic acids is 1. The van der Waals surface area contributed by atoms with E-state index in [0.717, 1.165) is 31.6 Å². The quantitative estimate of drug-likeness (QED) is 0.201. The van der Waals surface area contributed by atoms with E-state index in [1.54, 1.807) is 0 Å². The molecule has 1 saturated carbocycles. The molecule has 0 atom stereocenters. The van der Waals surface area contributed by atoms with Gasteiger partial charge in [-0.05, 0) is 44.4 Å². The molecule has 0 aromatic heterocycles. The van der Waals surface area contributed by atoms with Crippen LogP contribution in [0, 0.1) is 11.8 Å². The van der Waals surface area contributed by atoms with Crippen LogP contribution in [0.3, 0.4) is 0 Å². The maximum atomic E-state index is 12.1. The summed E-state index contributed by atoms with van der Waals surface area (Å²) < 4.78 is 0. The molecular weight excluding hydrogens is 266 g/mol. The molecule has 0 aliphatic heterocycles. The van der Waals surface area contributed by atoms with Crippen molar-refractivity contribution < 1.29 is 10.0 Å². The fourth-order valence-corrected chi connectivity index (χ4v) is 3.04.